The largest absolute Gasteiger partial charge is 0.313 e. The molecule has 0 heterocycles. The summed E-state index contributed by atoms with van der Waals surface area (Å²) in [5.74, 6) is 2.39. The van der Waals surface area contributed by atoms with Crippen LogP contribution in [0.4, 0.5) is 0 Å². The first-order valence-electron chi connectivity index (χ1n) is 4.51. The molecule has 0 aromatic carbocycles. The van der Waals surface area contributed by atoms with E-state index in [2.05, 4.69) is 11.2 Å². The highest BCUT2D eigenvalue weighted by Gasteiger charge is 2.15. The van der Waals surface area contributed by atoms with Crippen molar-refractivity contribution in [1.29, 1.82) is 0 Å². The number of nitrogens with zero attached hydrogens (tertiary/aromatic N) is 1. The lowest BCUT2D eigenvalue weighted by Crippen LogP contribution is -2.35. The van der Waals surface area contributed by atoms with Crippen LogP contribution in [-0.2, 0) is 10.0 Å². The van der Waals surface area contributed by atoms with E-state index in [0.29, 0.717) is 12.6 Å². The predicted octanol–water partition coefficient (Wildman–Crippen LogP) is -0.121. The van der Waals surface area contributed by atoms with Gasteiger partial charge in [-0.3, -0.25) is 0 Å². The van der Waals surface area contributed by atoms with Gasteiger partial charge >= 0.3 is 0 Å². The predicted molar refractivity (Wildman–Crippen MR) is 58.4 cm³/mol. The first-order valence-corrected chi connectivity index (χ1v) is 6.12. The zero-order valence-electron chi connectivity index (χ0n) is 8.95. The van der Waals surface area contributed by atoms with Crippen LogP contribution in [0.5, 0.6) is 0 Å². The number of sulfonamides is 1. The second kappa shape index (κ2) is 6.02. The highest BCUT2D eigenvalue weighted by molar-refractivity contribution is 7.89. The molecule has 0 saturated carbocycles. The van der Waals surface area contributed by atoms with Gasteiger partial charge in [-0.1, -0.05) is 19.8 Å². The summed E-state index contributed by atoms with van der Waals surface area (Å²) >= 11 is 0. The van der Waals surface area contributed by atoms with Gasteiger partial charge in [0.15, 0.2) is 0 Å². The Hall–Kier alpha value is -0.570. The molecule has 14 heavy (non-hydrogen) atoms. The van der Waals surface area contributed by atoms with Crippen molar-refractivity contribution in [3.63, 3.8) is 0 Å². The van der Waals surface area contributed by atoms with Crippen LogP contribution in [0.15, 0.2) is 0 Å². The number of hydrogen-bond acceptors (Lipinski definition) is 3. The van der Waals surface area contributed by atoms with Crippen molar-refractivity contribution in [2.24, 2.45) is 0 Å². The van der Waals surface area contributed by atoms with Crippen LogP contribution in [0.1, 0.15) is 13.8 Å². The van der Waals surface area contributed by atoms with Gasteiger partial charge in [0.2, 0.25) is 10.0 Å². The average molecular weight is 218 g/mol. The molecular weight excluding hydrogens is 200 g/mol. The van der Waals surface area contributed by atoms with Gasteiger partial charge in [0, 0.05) is 19.6 Å². The molecule has 0 rings (SSSR count). The first kappa shape index (κ1) is 13.4. The van der Waals surface area contributed by atoms with E-state index in [1.54, 1.807) is 0 Å². The smallest absolute Gasteiger partial charge is 0.215 e. The Morgan fingerprint density at radius 3 is 2.50 bits per heavy atom. The molecule has 0 aliphatic heterocycles. The second-order valence-corrected chi connectivity index (χ2v) is 5.58. The Labute approximate surface area is 86.7 Å². The van der Waals surface area contributed by atoms with Crippen LogP contribution in [0.2, 0.25) is 0 Å². The van der Waals surface area contributed by atoms with Crippen molar-refractivity contribution in [3.8, 4) is 12.3 Å². The Balaban J connectivity index is 4.03. The van der Waals surface area contributed by atoms with Crippen LogP contribution >= 0.6 is 0 Å². The molecule has 0 amide bonds. The van der Waals surface area contributed by atoms with E-state index in [4.69, 9.17) is 6.42 Å². The second-order valence-electron chi connectivity index (χ2n) is 3.39. The number of hydrogen-bond donors (Lipinski definition) is 1. The fraction of sp³-hybridized carbons (Fsp3) is 0.778. The first-order chi connectivity index (χ1) is 6.40. The molecule has 0 unspecified atom stereocenters. The topological polar surface area (TPSA) is 49.4 Å². The fourth-order valence-corrected chi connectivity index (χ4v) is 1.82. The van der Waals surface area contributed by atoms with E-state index in [9.17, 15) is 8.42 Å². The van der Waals surface area contributed by atoms with E-state index < -0.39 is 10.0 Å². The van der Waals surface area contributed by atoms with Crippen molar-refractivity contribution in [2.45, 2.75) is 19.9 Å². The Morgan fingerprint density at radius 1 is 1.50 bits per heavy atom. The van der Waals surface area contributed by atoms with Gasteiger partial charge in [-0.25, -0.2) is 8.42 Å². The number of nitrogens with one attached hydrogen (secondary N) is 1. The Kier molecular flexibility index (Phi) is 5.77. The Bertz CT molecular complexity index is 290. The van der Waals surface area contributed by atoms with E-state index in [1.807, 2.05) is 13.8 Å². The normalized spacial score (nSPS) is 12.0. The molecule has 0 aromatic rings. The lowest BCUT2D eigenvalue weighted by molar-refractivity contribution is 0.497. The summed E-state index contributed by atoms with van der Waals surface area (Å²) in [5, 5.41) is 3.04. The Morgan fingerprint density at radius 2 is 2.07 bits per heavy atom. The van der Waals surface area contributed by atoms with Gasteiger partial charge < -0.3 is 5.32 Å². The van der Waals surface area contributed by atoms with E-state index in [-0.39, 0.29) is 12.3 Å². The third-order valence-corrected chi connectivity index (χ3v) is 3.50. The fourth-order valence-electron chi connectivity index (χ4n) is 0.859. The van der Waals surface area contributed by atoms with Crippen molar-refractivity contribution in [2.75, 3.05) is 25.9 Å². The van der Waals surface area contributed by atoms with Crippen molar-refractivity contribution < 1.29 is 8.42 Å². The van der Waals surface area contributed by atoms with Gasteiger partial charge in [-0.15, -0.1) is 6.42 Å². The molecule has 0 bridgehead atoms. The van der Waals surface area contributed by atoms with Crippen LogP contribution < -0.4 is 5.32 Å². The summed E-state index contributed by atoms with van der Waals surface area (Å²) in [6.45, 7) is 4.52. The molecule has 0 aliphatic carbocycles. The third-order valence-electron chi connectivity index (χ3n) is 1.70. The van der Waals surface area contributed by atoms with Gasteiger partial charge in [-0.05, 0) is 0 Å². The molecule has 4 nitrogen and oxygen atoms in total. The SMILES string of the molecule is C#CCN(C)S(=O)(=O)CCNC(C)C. The highest BCUT2D eigenvalue weighted by Crippen LogP contribution is 1.96. The standard InChI is InChI=1S/C9H18N2O2S/c1-5-7-11(4)14(12,13)8-6-10-9(2)3/h1,9-10H,6-8H2,2-4H3. The summed E-state index contributed by atoms with van der Waals surface area (Å²) in [6.07, 6.45) is 5.03. The lowest BCUT2D eigenvalue weighted by atomic mass is 10.4. The maximum atomic E-state index is 11.5. The minimum atomic E-state index is -3.19. The molecule has 0 saturated heterocycles. The lowest BCUT2D eigenvalue weighted by Gasteiger charge is -2.15. The van der Waals surface area contributed by atoms with Gasteiger partial charge in [-0.2, -0.15) is 4.31 Å². The van der Waals surface area contributed by atoms with E-state index in [1.165, 1.54) is 11.4 Å². The summed E-state index contributed by atoms with van der Waals surface area (Å²) in [7, 11) is -1.70. The third kappa shape index (κ3) is 5.22. The van der Waals surface area contributed by atoms with Crippen LogP contribution in [0, 0.1) is 12.3 Å². The van der Waals surface area contributed by atoms with Crippen LogP contribution in [-0.4, -0.2) is 44.7 Å². The van der Waals surface area contributed by atoms with Gasteiger partial charge in [0.1, 0.15) is 0 Å². The summed E-state index contributed by atoms with van der Waals surface area (Å²) in [5.41, 5.74) is 0. The van der Waals surface area contributed by atoms with Gasteiger partial charge in [0.05, 0.1) is 12.3 Å². The average Bonchev–Trinajstić information content (AvgIpc) is 2.03. The minimum Gasteiger partial charge on any atom is -0.313 e. The molecule has 0 aliphatic rings. The van der Waals surface area contributed by atoms with Gasteiger partial charge in [0.25, 0.3) is 0 Å². The maximum Gasteiger partial charge on any atom is 0.215 e. The zero-order chi connectivity index (χ0) is 11.2. The number of terminal acetylenes is 1. The molecule has 5 heteroatoms. The summed E-state index contributed by atoms with van der Waals surface area (Å²) in [6, 6.07) is 0.295. The number of rotatable bonds is 6. The molecule has 0 atom stereocenters. The highest BCUT2D eigenvalue weighted by atomic mass is 32.2. The van der Waals surface area contributed by atoms with Crippen molar-refractivity contribution in [1.82, 2.24) is 9.62 Å². The molecule has 1 N–H and O–H groups in total. The van der Waals surface area contributed by atoms with Crippen LogP contribution in [0.25, 0.3) is 0 Å². The summed E-state index contributed by atoms with van der Waals surface area (Å²) in [4.78, 5) is 0. The maximum absolute atomic E-state index is 11.5. The quantitative estimate of drug-likeness (QED) is 0.632. The van der Waals surface area contributed by atoms with Crippen molar-refractivity contribution in [3.05, 3.63) is 0 Å². The molecule has 82 valence electrons. The molecule has 0 spiro atoms. The van der Waals surface area contributed by atoms with E-state index >= 15 is 0 Å². The zero-order valence-corrected chi connectivity index (χ0v) is 9.76. The monoisotopic (exact) mass is 218 g/mol. The molecule has 0 fully saturated rings. The van der Waals surface area contributed by atoms with Crippen LogP contribution in [0.3, 0.4) is 0 Å². The molecule has 0 radical (unpaired) electrons. The molecule has 0 aromatic heterocycles. The minimum absolute atomic E-state index is 0.0867. The van der Waals surface area contributed by atoms with E-state index in [0.717, 1.165) is 0 Å². The summed E-state index contributed by atoms with van der Waals surface area (Å²) < 4.78 is 24.2. The van der Waals surface area contributed by atoms with Crippen molar-refractivity contribution >= 4 is 10.0 Å². The molecular formula is C9H18N2O2S.